The summed E-state index contributed by atoms with van der Waals surface area (Å²) in [5.41, 5.74) is 2.19. The Hall–Kier alpha value is -1.36. The number of carbonyl (C=O) groups is 1. The van der Waals surface area contributed by atoms with E-state index >= 15 is 0 Å². The molecule has 2 nitrogen and oxygen atoms in total. The Morgan fingerprint density at radius 2 is 1.74 bits per heavy atom. The van der Waals surface area contributed by atoms with Crippen LogP contribution in [0.1, 0.15) is 21.5 Å². The summed E-state index contributed by atoms with van der Waals surface area (Å²) in [6.45, 7) is 3.14. The van der Waals surface area contributed by atoms with Crippen LogP contribution in [0.15, 0.2) is 42.5 Å². The monoisotopic (exact) mass is 349 g/mol. The van der Waals surface area contributed by atoms with Crippen LogP contribution in [0.2, 0.25) is 5.02 Å². The normalized spacial score (nSPS) is 15.6. The molecule has 0 spiro atoms. The maximum atomic E-state index is 13.2. The van der Waals surface area contributed by atoms with Gasteiger partial charge in [-0.05, 0) is 23.8 Å². The molecule has 0 atom stereocenters. The average molecular weight is 350 g/mol. The number of hydrogen-bond donors (Lipinski definition) is 0. The van der Waals surface area contributed by atoms with Crippen LogP contribution in [-0.4, -0.2) is 35.3 Å². The second-order valence-corrected chi connectivity index (χ2v) is 7.18. The highest BCUT2D eigenvalue weighted by Gasteiger charge is 2.13. The van der Waals surface area contributed by atoms with Crippen LogP contribution in [-0.2, 0) is 6.54 Å². The molecular weight excluding hydrogens is 333 g/mol. The number of halogens is 2. The van der Waals surface area contributed by atoms with Gasteiger partial charge in [0, 0.05) is 42.3 Å². The molecule has 0 amide bonds. The van der Waals surface area contributed by atoms with Crippen LogP contribution in [0, 0.1) is 5.82 Å². The molecule has 0 bridgehead atoms. The number of carbonyl (C=O) groups excluding carboxylic acids is 1. The molecule has 120 valence electrons. The predicted octanol–water partition coefficient (Wildman–Crippen LogP) is 4.26. The zero-order chi connectivity index (χ0) is 16.2. The van der Waals surface area contributed by atoms with Gasteiger partial charge in [-0.15, -0.1) is 0 Å². The summed E-state index contributed by atoms with van der Waals surface area (Å²) < 4.78 is 13.2. The highest BCUT2D eigenvalue weighted by molar-refractivity contribution is 7.99. The molecule has 1 aliphatic heterocycles. The van der Waals surface area contributed by atoms with Crippen LogP contribution in [0.25, 0.3) is 0 Å². The van der Waals surface area contributed by atoms with Crippen LogP contribution < -0.4 is 0 Å². The van der Waals surface area contributed by atoms with Gasteiger partial charge in [0.15, 0.2) is 5.78 Å². The second-order valence-electron chi connectivity index (χ2n) is 5.54. The molecule has 23 heavy (non-hydrogen) atoms. The molecule has 1 aliphatic rings. The lowest BCUT2D eigenvalue weighted by atomic mass is 10.0. The summed E-state index contributed by atoms with van der Waals surface area (Å²) in [5, 5.41) is -0.0320. The van der Waals surface area contributed by atoms with Crippen molar-refractivity contribution in [3.63, 3.8) is 0 Å². The van der Waals surface area contributed by atoms with Crippen molar-refractivity contribution in [3.05, 3.63) is 70.0 Å². The Kier molecular flexibility index (Phi) is 5.36. The maximum Gasteiger partial charge on any atom is 0.193 e. The Bertz CT molecular complexity index is 699. The fraction of sp³-hybridized carbons (Fsp3) is 0.278. The van der Waals surface area contributed by atoms with E-state index in [0.29, 0.717) is 11.1 Å². The molecule has 0 saturated carbocycles. The Balaban J connectivity index is 1.70. The molecule has 1 fully saturated rings. The quantitative estimate of drug-likeness (QED) is 0.769. The highest BCUT2D eigenvalue weighted by atomic mass is 35.5. The van der Waals surface area contributed by atoms with Crippen molar-refractivity contribution in [2.75, 3.05) is 24.6 Å². The van der Waals surface area contributed by atoms with Gasteiger partial charge in [0.05, 0.1) is 5.02 Å². The van der Waals surface area contributed by atoms with Crippen molar-refractivity contribution < 1.29 is 9.18 Å². The van der Waals surface area contributed by atoms with E-state index in [1.54, 1.807) is 0 Å². The van der Waals surface area contributed by atoms with Crippen LogP contribution in [0.4, 0.5) is 4.39 Å². The molecular formula is C18H17ClFNOS. The number of thioether (sulfide) groups is 1. The Morgan fingerprint density at radius 3 is 2.39 bits per heavy atom. The molecule has 2 aromatic rings. The minimum atomic E-state index is -0.516. The van der Waals surface area contributed by atoms with Crippen LogP contribution in [0.3, 0.4) is 0 Å². The number of nitrogens with zero attached hydrogens (tertiary/aromatic N) is 1. The molecule has 2 aromatic carbocycles. The van der Waals surface area contributed by atoms with E-state index < -0.39 is 5.82 Å². The second kappa shape index (κ2) is 7.47. The fourth-order valence-electron chi connectivity index (χ4n) is 2.58. The van der Waals surface area contributed by atoms with Crippen molar-refractivity contribution in [1.82, 2.24) is 4.90 Å². The first-order valence-corrected chi connectivity index (χ1v) is 9.05. The Labute approximate surface area is 144 Å². The summed E-state index contributed by atoms with van der Waals surface area (Å²) in [4.78, 5) is 14.8. The highest BCUT2D eigenvalue weighted by Crippen LogP contribution is 2.19. The lowest BCUT2D eigenvalue weighted by molar-refractivity contribution is 0.103. The Morgan fingerprint density at radius 1 is 1.09 bits per heavy atom. The summed E-state index contributed by atoms with van der Waals surface area (Å²) in [6, 6.07) is 11.7. The van der Waals surface area contributed by atoms with E-state index in [4.69, 9.17) is 11.6 Å². The van der Waals surface area contributed by atoms with Crippen molar-refractivity contribution in [2.24, 2.45) is 0 Å². The van der Waals surface area contributed by atoms with E-state index in [1.165, 1.54) is 35.3 Å². The van der Waals surface area contributed by atoms with E-state index in [2.05, 4.69) is 4.90 Å². The zero-order valence-electron chi connectivity index (χ0n) is 12.6. The first-order chi connectivity index (χ1) is 11.1. The van der Waals surface area contributed by atoms with Crippen LogP contribution in [0.5, 0.6) is 0 Å². The van der Waals surface area contributed by atoms with E-state index in [-0.39, 0.29) is 10.8 Å². The van der Waals surface area contributed by atoms with Gasteiger partial charge in [-0.3, -0.25) is 9.69 Å². The topological polar surface area (TPSA) is 20.3 Å². The van der Waals surface area contributed by atoms with Crippen molar-refractivity contribution in [1.29, 1.82) is 0 Å². The van der Waals surface area contributed by atoms with Gasteiger partial charge < -0.3 is 0 Å². The molecule has 0 unspecified atom stereocenters. The molecule has 0 radical (unpaired) electrons. The number of benzene rings is 2. The fourth-order valence-corrected chi connectivity index (χ4v) is 3.74. The van der Waals surface area contributed by atoms with Gasteiger partial charge in [0.2, 0.25) is 0 Å². The minimum absolute atomic E-state index is 0.0320. The third-order valence-corrected chi connectivity index (χ3v) is 5.14. The molecule has 1 heterocycles. The third kappa shape index (κ3) is 4.14. The average Bonchev–Trinajstić information content (AvgIpc) is 2.58. The first-order valence-electron chi connectivity index (χ1n) is 7.52. The molecule has 0 N–H and O–H groups in total. The first kappa shape index (κ1) is 16.5. The standard InChI is InChI=1S/C18H17ClFNOS/c19-16-11-15(5-6-17(16)20)18(22)14-3-1-13(2-4-14)12-21-7-9-23-10-8-21/h1-6,11H,7-10,12H2. The third-order valence-electron chi connectivity index (χ3n) is 3.91. The summed E-state index contributed by atoms with van der Waals surface area (Å²) in [5.74, 6) is 1.70. The van der Waals surface area contributed by atoms with Gasteiger partial charge in [0.1, 0.15) is 5.82 Å². The number of hydrogen-bond acceptors (Lipinski definition) is 3. The van der Waals surface area contributed by atoms with E-state index in [9.17, 15) is 9.18 Å². The predicted molar refractivity (Wildman–Crippen MR) is 93.9 cm³/mol. The largest absolute Gasteiger partial charge is 0.297 e. The van der Waals surface area contributed by atoms with Crippen molar-refractivity contribution >= 4 is 29.1 Å². The number of ketones is 1. The zero-order valence-corrected chi connectivity index (χ0v) is 14.2. The lowest BCUT2D eigenvalue weighted by Gasteiger charge is -2.26. The smallest absolute Gasteiger partial charge is 0.193 e. The maximum absolute atomic E-state index is 13.2. The van der Waals surface area contributed by atoms with E-state index in [0.717, 1.165) is 19.6 Å². The van der Waals surface area contributed by atoms with Gasteiger partial charge >= 0.3 is 0 Å². The molecule has 5 heteroatoms. The molecule has 0 aliphatic carbocycles. The minimum Gasteiger partial charge on any atom is -0.297 e. The van der Waals surface area contributed by atoms with Gasteiger partial charge in [-0.25, -0.2) is 4.39 Å². The summed E-state index contributed by atoms with van der Waals surface area (Å²) in [6.07, 6.45) is 0. The van der Waals surface area contributed by atoms with Crippen LogP contribution >= 0.6 is 23.4 Å². The van der Waals surface area contributed by atoms with Gasteiger partial charge in [0.25, 0.3) is 0 Å². The summed E-state index contributed by atoms with van der Waals surface area (Å²) >= 11 is 7.74. The summed E-state index contributed by atoms with van der Waals surface area (Å²) in [7, 11) is 0. The van der Waals surface area contributed by atoms with Crippen molar-refractivity contribution in [3.8, 4) is 0 Å². The molecule has 1 saturated heterocycles. The van der Waals surface area contributed by atoms with Gasteiger partial charge in [-0.1, -0.05) is 35.9 Å². The molecule has 3 rings (SSSR count). The van der Waals surface area contributed by atoms with Crippen molar-refractivity contribution in [2.45, 2.75) is 6.54 Å². The van der Waals surface area contributed by atoms with Gasteiger partial charge in [-0.2, -0.15) is 11.8 Å². The van der Waals surface area contributed by atoms with E-state index in [1.807, 2.05) is 36.0 Å². The lowest BCUT2D eigenvalue weighted by Crippen LogP contribution is -2.31. The molecule has 0 aromatic heterocycles. The number of rotatable bonds is 4. The SMILES string of the molecule is O=C(c1ccc(CN2CCSCC2)cc1)c1ccc(F)c(Cl)c1.